The number of nitriles is 1. The number of nitrogens with zero attached hydrogens (tertiary/aromatic N) is 3. The molecule has 8 heteroatoms. The summed E-state index contributed by atoms with van der Waals surface area (Å²) in [5.41, 5.74) is -0.383. The van der Waals surface area contributed by atoms with Gasteiger partial charge in [0.25, 0.3) is 0 Å². The van der Waals surface area contributed by atoms with Crippen LogP contribution in [0.5, 0.6) is 0 Å². The van der Waals surface area contributed by atoms with Crippen molar-refractivity contribution in [3.8, 4) is 6.19 Å². The highest BCUT2D eigenvalue weighted by Gasteiger charge is 2.31. The molecule has 0 saturated heterocycles. The molecule has 1 heterocycles. The highest BCUT2D eigenvalue weighted by atomic mass is 32.3. The average Bonchev–Trinajstić information content (AvgIpc) is 2.26. The van der Waals surface area contributed by atoms with Gasteiger partial charge in [-0.3, -0.25) is 4.98 Å². The van der Waals surface area contributed by atoms with E-state index in [1.54, 1.807) is 0 Å². The Morgan fingerprint density at radius 2 is 2.17 bits per heavy atom. The maximum absolute atomic E-state index is 12.2. The Balaban J connectivity index is 2.72. The molecule has 0 aliphatic carbocycles. The average molecular weight is 279 g/mol. The quantitative estimate of drug-likeness (QED) is 0.659. The van der Waals surface area contributed by atoms with Crippen molar-refractivity contribution in [3.05, 3.63) is 29.6 Å². The van der Waals surface area contributed by atoms with Gasteiger partial charge in [0.1, 0.15) is 5.69 Å². The first-order valence-electron chi connectivity index (χ1n) is 4.96. The van der Waals surface area contributed by atoms with Gasteiger partial charge in [-0.25, -0.2) is 0 Å². The van der Waals surface area contributed by atoms with Gasteiger partial charge in [0.15, 0.2) is 0 Å². The molecular formula is C10H12F3N3OS. The van der Waals surface area contributed by atoms with Crippen molar-refractivity contribution < 1.29 is 17.7 Å². The van der Waals surface area contributed by atoms with Crippen molar-refractivity contribution in [3.63, 3.8) is 0 Å². The van der Waals surface area contributed by atoms with Gasteiger partial charge in [-0.2, -0.15) is 18.4 Å². The molecule has 1 N–H and O–H groups in total. The molecular weight excluding hydrogens is 267 g/mol. The van der Waals surface area contributed by atoms with E-state index in [-0.39, 0.29) is 5.75 Å². The number of aromatic nitrogens is 1. The second-order valence-electron chi connectivity index (χ2n) is 3.81. The molecule has 4 nitrogen and oxygen atoms in total. The third-order valence-electron chi connectivity index (χ3n) is 2.20. The number of rotatable bonds is 3. The van der Waals surface area contributed by atoms with E-state index in [4.69, 9.17) is 5.26 Å². The number of aryl methyl sites for hydroxylation is 1. The zero-order chi connectivity index (χ0) is 13.8. The van der Waals surface area contributed by atoms with Crippen molar-refractivity contribution in [2.24, 2.45) is 4.36 Å². The van der Waals surface area contributed by atoms with Crippen LogP contribution in [-0.2, 0) is 22.7 Å². The topological polar surface area (TPSA) is 69.3 Å². The van der Waals surface area contributed by atoms with E-state index in [1.165, 1.54) is 18.5 Å². The number of hydrogen-bond acceptors (Lipinski definition) is 3. The number of hydrogen-bond donors (Lipinski definition) is 2. The van der Waals surface area contributed by atoms with Gasteiger partial charge in [-0.05, 0) is 24.3 Å². The summed E-state index contributed by atoms with van der Waals surface area (Å²) >= 11 is 0. The molecule has 1 rings (SSSR count). The molecule has 0 spiro atoms. The largest absolute Gasteiger partial charge is 0.433 e. The maximum Gasteiger partial charge on any atom is 0.433 e. The Morgan fingerprint density at radius 3 is 2.61 bits per heavy atom. The first kappa shape index (κ1) is 14.6. The summed E-state index contributed by atoms with van der Waals surface area (Å²) in [5, 5.41) is 8.34. The minimum absolute atomic E-state index is 0.244. The summed E-state index contributed by atoms with van der Waals surface area (Å²) in [6.45, 7) is 0. The van der Waals surface area contributed by atoms with Crippen molar-refractivity contribution in [2.45, 2.75) is 12.6 Å². The third kappa shape index (κ3) is 4.43. The predicted octanol–water partition coefficient (Wildman–Crippen LogP) is 2.30. The van der Waals surface area contributed by atoms with Gasteiger partial charge < -0.3 is 4.55 Å². The summed E-state index contributed by atoms with van der Waals surface area (Å²) in [6.07, 6.45) is -0.00128. The van der Waals surface area contributed by atoms with Crippen molar-refractivity contribution in [1.29, 1.82) is 5.26 Å². The third-order valence-corrected chi connectivity index (χ3v) is 3.79. The van der Waals surface area contributed by atoms with Gasteiger partial charge in [-0.15, -0.1) is 4.36 Å². The molecule has 1 aromatic rings. The number of alkyl halides is 3. The molecule has 0 saturated carbocycles. The Morgan fingerprint density at radius 1 is 1.50 bits per heavy atom. The fourth-order valence-corrected chi connectivity index (χ4v) is 2.20. The van der Waals surface area contributed by atoms with Gasteiger partial charge in [-0.1, -0.05) is 16.2 Å². The molecule has 0 radical (unpaired) electrons. The SMILES string of the molecule is C[SH](O)(CCc1ccc(C(F)(F)F)nc1)=NC#N. The van der Waals surface area contributed by atoms with Crippen LogP contribution in [0.15, 0.2) is 22.7 Å². The summed E-state index contributed by atoms with van der Waals surface area (Å²) in [6, 6.07) is 2.20. The first-order valence-corrected chi connectivity index (χ1v) is 7.29. The summed E-state index contributed by atoms with van der Waals surface area (Å²) in [7, 11) is -2.64. The fourth-order valence-electron chi connectivity index (χ4n) is 1.23. The normalized spacial score (nSPS) is 12.9. The molecule has 0 atom stereocenters. The van der Waals surface area contributed by atoms with Gasteiger partial charge in [0.05, 0.1) is 0 Å². The summed E-state index contributed by atoms with van der Waals surface area (Å²) < 4.78 is 49.8. The molecule has 0 fully saturated rings. The van der Waals surface area contributed by atoms with E-state index >= 15 is 0 Å². The molecule has 0 aliphatic rings. The van der Waals surface area contributed by atoms with Crippen LogP contribution in [0.3, 0.4) is 0 Å². The lowest BCUT2D eigenvalue weighted by Gasteiger charge is -2.15. The summed E-state index contributed by atoms with van der Waals surface area (Å²) in [4.78, 5) is 3.31. The van der Waals surface area contributed by atoms with Crippen LogP contribution in [0.1, 0.15) is 11.3 Å². The first-order chi connectivity index (χ1) is 8.24. The van der Waals surface area contributed by atoms with Crippen LogP contribution in [0.25, 0.3) is 0 Å². The molecule has 1 aromatic heterocycles. The standard InChI is InChI=1S/C10H12F3N3OS/c1-18(17,16-7-14)5-4-8-2-3-9(15-6-8)10(11,12)13/h2-3,6,18H,4-5H2,1H3,(H,16,17). The fraction of sp³-hybridized carbons (Fsp3) is 0.400. The lowest BCUT2D eigenvalue weighted by Crippen LogP contribution is -2.15. The van der Waals surface area contributed by atoms with Crippen LogP contribution in [-0.4, -0.2) is 21.5 Å². The van der Waals surface area contributed by atoms with E-state index in [1.807, 2.05) is 0 Å². The van der Waals surface area contributed by atoms with Gasteiger partial charge >= 0.3 is 6.18 Å². The Hall–Kier alpha value is -1.46. The Labute approximate surface area is 103 Å². The molecule has 0 aromatic carbocycles. The van der Waals surface area contributed by atoms with Gasteiger partial charge in [0.2, 0.25) is 6.19 Å². The van der Waals surface area contributed by atoms with Crippen LogP contribution < -0.4 is 0 Å². The minimum Gasteiger partial charge on any atom is -0.344 e. The van der Waals surface area contributed by atoms with E-state index < -0.39 is 22.0 Å². The highest BCUT2D eigenvalue weighted by Crippen LogP contribution is 2.27. The zero-order valence-electron chi connectivity index (χ0n) is 9.52. The molecule has 0 aliphatic heterocycles. The Bertz CT molecular complexity index is 499. The van der Waals surface area contributed by atoms with E-state index in [0.29, 0.717) is 12.0 Å². The van der Waals surface area contributed by atoms with E-state index in [9.17, 15) is 17.7 Å². The predicted molar refractivity (Wildman–Crippen MR) is 63.2 cm³/mol. The highest BCUT2D eigenvalue weighted by molar-refractivity contribution is 7.99. The molecule has 0 unspecified atom stereocenters. The number of thiol groups is 1. The number of pyridine rings is 1. The van der Waals surface area contributed by atoms with Crippen LogP contribution in [0.2, 0.25) is 0 Å². The molecule has 18 heavy (non-hydrogen) atoms. The second kappa shape index (κ2) is 5.46. The van der Waals surface area contributed by atoms with Crippen molar-refractivity contribution in [2.75, 3.05) is 12.0 Å². The number of halogens is 3. The van der Waals surface area contributed by atoms with Gasteiger partial charge in [0, 0.05) is 11.9 Å². The maximum atomic E-state index is 12.2. The van der Waals surface area contributed by atoms with Crippen LogP contribution >= 0.6 is 0 Å². The van der Waals surface area contributed by atoms with E-state index in [0.717, 1.165) is 12.3 Å². The lowest BCUT2D eigenvalue weighted by molar-refractivity contribution is -0.141. The monoisotopic (exact) mass is 279 g/mol. The second-order valence-corrected chi connectivity index (χ2v) is 6.64. The van der Waals surface area contributed by atoms with Crippen molar-refractivity contribution in [1.82, 2.24) is 4.98 Å². The lowest BCUT2D eigenvalue weighted by atomic mass is 10.2. The Kier molecular flexibility index (Phi) is 4.43. The zero-order valence-corrected chi connectivity index (χ0v) is 10.4. The smallest absolute Gasteiger partial charge is 0.344 e. The van der Waals surface area contributed by atoms with Crippen LogP contribution in [0, 0.1) is 11.5 Å². The molecule has 100 valence electrons. The molecule has 0 bridgehead atoms. The van der Waals surface area contributed by atoms with E-state index in [2.05, 4.69) is 9.35 Å². The minimum atomic E-state index is -4.45. The van der Waals surface area contributed by atoms with Crippen molar-refractivity contribution >= 4 is 10.1 Å². The van der Waals surface area contributed by atoms with Crippen LogP contribution in [0.4, 0.5) is 13.2 Å². The summed E-state index contributed by atoms with van der Waals surface area (Å²) in [5.74, 6) is 0.244. The molecule has 0 amide bonds.